The average molecular weight is 264 g/mol. The van der Waals surface area contributed by atoms with E-state index in [1.807, 2.05) is 6.92 Å². The van der Waals surface area contributed by atoms with E-state index < -0.39 is 0 Å². The summed E-state index contributed by atoms with van der Waals surface area (Å²) >= 11 is 0. The molecule has 108 valence electrons. The van der Waals surface area contributed by atoms with E-state index in [1.165, 1.54) is 12.8 Å². The van der Waals surface area contributed by atoms with Crippen LogP contribution >= 0.6 is 0 Å². The summed E-state index contributed by atoms with van der Waals surface area (Å²) < 4.78 is 5.80. The summed E-state index contributed by atoms with van der Waals surface area (Å²) in [4.78, 5) is 2.58. The minimum atomic E-state index is 0.381. The van der Waals surface area contributed by atoms with Gasteiger partial charge in [-0.2, -0.15) is 0 Å². The van der Waals surface area contributed by atoms with Gasteiger partial charge in [0.1, 0.15) is 11.5 Å². The number of nitrogens with one attached hydrogen (secondary N) is 1. The number of rotatable bonds is 3. The lowest BCUT2D eigenvalue weighted by Gasteiger charge is -2.35. The third kappa shape index (κ3) is 3.83. The van der Waals surface area contributed by atoms with E-state index in [-0.39, 0.29) is 0 Å². The molecule has 1 aliphatic heterocycles. The van der Waals surface area contributed by atoms with Gasteiger partial charge in [-0.05, 0) is 51.3 Å². The quantitative estimate of drug-likeness (QED) is 0.907. The van der Waals surface area contributed by atoms with Crippen molar-refractivity contribution in [1.29, 1.82) is 0 Å². The van der Waals surface area contributed by atoms with Crippen LogP contribution in [0.5, 0.6) is 0 Å². The molecule has 1 fully saturated rings. The lowest BCUT2D eigenvalue weighted by atomic mass is 10.0. The first-order chi connectivity index (χ1) is 9.10. The zero-order valence-corrected chi connectivity index (χ0v) is 12.8. The summed E-state index contributed by atoms with van der Waals surface area (Å²) in [6, 6.07) is 5.23. The van der Waals surface area contributed by atoms with Crippen molar-refractivity contribution < 1.29 is 4.42 Å². The van der Waals surface area contributed by atoms with Crippen LogP contribution in [0.2, 0.25) is 0 Å². The molecule has 0 aromatic carbocycles. The number of aryl methyl sites for hydroxylation is 1. The predicted molar refractivity (Wildman–Crippen MR) is 79.3 cm³/mol. The molecule has 0 radical (unpaired) electrons. The zero-order valence-electron chi connectivity index (χ0n) is 12.8. The summed E-state index contributed by atoms with van der Waals surface area (Å²) in [5.41, 5.74) is 0. The van der Waals surface area contributed by atoms with Crippen LogP contribution in [0.4, 0.5) is 0 Å². The van der Waals surface area contributed by atoms with Gasteiger partial charge in [0.05, 0.1) is 6.04 Å². The highest BCUT2D eigenvalue weighted by molar-refractivity contribution is 5.09. The molecule has 0 amide bonds. The SMILES string of the molecule is CCC1CCN(C(C)c2ccc(C)o2)CC(C)CN1. The predicted octanol–water partition coefficient (Wildman–Crippen LogP) is 3.36. The summed E-state index contributed by atoms with van der Waals surface area (Å²) in [7, 11) is 0. The highest BCUT2D eigenvalue weighted by atomic mass is 16.3. The normalized spacial score (nSPS) is 27.8. The van der Waals surface area contributed by atoms with E-state index in [0.717, 1.165) is 31.2 Å². The van der Waals surface area contributed by atoms with Crippen LogP contribution in [0.25, 0.3) is 0 Å². The van der Waals surface area contributed by atoms with Crippen LogP contribution in [0.3, 0.4) is 0 Å². The smallest absolute Gasteiger partial charge is 0.121 e. The van der Waals surface area contributed by atoms with Crippen LogP contribution in [-0.4, -0.2) is 30.6 Å². The molecule has 2 rings (SSSR count). The Morgan fingerprint density at radius 3 is 2.89 bits per heavy atom. The van der Waals surface area contributed by atoms with E-state index in [1.54, 1.807) is 0 Å². The van der Waals surface area contributed by atoms with Crippen LogP contribution in [0.1, 0.15) is 51.2 Å². The van der Waals surface area contributed by atoms with E-state index in [9.17, 15) is 0 Å². The molecular formula is C16H28N2O. The Kier molecular flexibility index (Phi) is 5.06. The van der Waals surface area contributed by atoms with Crippen molar-refractivity contribution in [1.82, 2.24) is 10.2 Å². The summed E-state index contributed by atoms with van der Waals surface area (Å²) in [5.74, 6) is 2.80. The maximum absolute atomic E-state index is 5.80. The average Bonchev–Trinajstić information content (AvgIpc) is 2.80. The Balaban J connectivity index is 2.04. The maximum Gasteiger partial charge on any atom is 0.121 e. The van der Waals surface area contributed by atoms with Crippen molar-refractivity contribution in [2.45, 2.75) is 52.6 Å². The van der Waals surface area contributed by atoms with Crippen molar-refractivity contribution >= 4 is 0 Å². The maximum atomic E-state index is 5.80. The minimum Gasteiger partial charge on any atom is -0.465 e. The molecule has 0 saturated carbocycles. The number of nitrogens with zero attached hydrogens (tertiary/aromatic N) is 1. The molecule has 3 heteroatoms. The molecule has 0 spiro atoms. The van der Waals surface area contributed by atoms with Crippen LogP contribution in [0, 0.1) is 12.8 Å². The van der Waals surface area contributed by atoms with Gasteiger partial charge < -0.3 is 9.73 Å². The number of hydrogen-bond acceptors (Lipinski definition) is 3. The molecule has 1 aromatic heterocycles. The fourth-order valence-electron chi connectivity index (χ4n) is 2.91. The van der Waals surface area contributed by atoms with Crippen LogP contribution < -0.4 is 5.32 Å². The van der Waals surface area contributed by atoms with Gasteiger partial charge >= 0.3 is 0 Å². The van der Waals surface area contributed by atoms with Crippen molar-refractivity contribution in [2.24, 2.45) is 5.92 Å². The van der Waals surface area contributed by atoms with Gasteiger partial charge in [0.2, 0.25) is 0 Å². The van der Waals surface area contributed by atoms with Crippen molar-refractivity contribution in [3.8, 4) is 0 Å². The first kappa shape index (κ1) is 14.6. The molecule has 1 aliphatic rings. The third-order valence-corrected chi connectivity index (χ3v) is 4.28. The molecule has 0 aliphatic carbocycles. The van der Waals surface area contributed by atoms with Gasteiger partial charge in [-0.3, -0.25) is 4.90 Å². The second-order valence-corrected chi connectivity index (χ2v) is 6.03. The Morgan fingerprint density at radius 1 is 1.47 bits per heavy atom. The molecule has 19 heavy (non-hydrogen) atoms. The fraction of sp³-hybridized carbons (Fsp3) is 0.750. The van der Waals surface area contributed by atoms with Crippen LogP contribution in [0.15, 0.2) is 16.5 Å². The molecule has 3 unspecified atom stereocenters. The van der Waals surface area contributed by atoms with Crippen LogP contribution in [-0.2, 0) is 0 Å². The molecule has 0 bridgehead atoms. The lowest BCUT2D eigenvalue weighted by Crippen LogP contribution is -2.44. The molecule has 3 nitrogen and oxygen atoms in total. The van der Waals surface area contributed by atoms with E-state index in [0.29, 0.717) is 18.0 Å². The summed E-state index contributed by atoms with van der Waals surface area (Å²) in [6.07, 6.45) is 2.45. The second-order valence-electron chi connectivity index (χ2n) is 6.03. The monoisotopic (exact) mass is 264 g/mol. The van der Waals surface area contributed by atoms with Crippen molar-refractivity contribution in [3.63, 3.8) is 0 Å². The highest BCUT2D eigenvalue weighted by Gasteiger charge is 2.23. The van der Waals surface area contributed by atoms with Crippen molar-refractivity contribution in [3.05, 3.63) is 23.7 Å². The molecule has 1 aromatic rings. The van der Waals surface area contributed by atoms with Gasteiger partial charge in [-0.1, -0.05) is 13.8 Å². The van der Waals surface area contributed by atoms with Gasteiger partial charge in [0.15, 0.2) is 0 Å². The number of furan rings is 1. The summed E-state index contributed by atoms with van der Waals surface area (Å²) in [5, 5.41) is 3.67. The third-order valence-electron chi connectivity index (χ3n) is 4.28. The Labute approximate surface area is 117 Å². The second kappa shape index (κ2) is 6.58. The van der Waals surface area contributed by atoms with Gasteiger partial charge in [0.25, 0.3) is 0 Å². The standard InChI is InChI=1S/C16H28N2O/c1-5-15-8-9-18(11-12(2)10-17-15)14(4)16-7-6-13(3)19-16/h6-7,12,14-15,17H,5,8-11H2,1-4H3. The van der Waals surface area contributed by atoms with E-state index in [4.69, 9.17) is 4.42 Å². The summed E-state index contributed by atoms with van der Waals surface area (Å²) in [6.45, 7) is 12.3. The largest absolute Gasteiger partial charge is 0.465 e. The van der Waals surface area contributed by atoms with E-state index >= 15 is 0 Å². The number of hydrogen-bond donors (Lipinski definition) is 1. The van der Waals surface area contributed by atoms with Gasteiger partial charge in [-0.15, -0.1) is 0 Å². The molecule has 1 saturated heterocycles. The zero-order chi connectivity index (χ0) is 13.8. The Hall–Kier alpha value is -0.800. The first-order valence-electron chi connectivity index (χ1n) is 7.64. The van der Waals surface area contributed by atoms with Gasteiger partial charge in [-0.25, -0.2) is 0 Å². The fourth-order valence-corrected chi connectivity index (χ4v) is 2.91. The Bertz CT molecular complexity index is 388. The molecule has 1 N–H and O–H groups in total. The Morgan fingerprint density at radius 2 is 2.26 bits per heavy atom. The highest BCUT2D eigenvalue weighted by Crippen LogP contribution is 2.24. The lowest BCUT2D eigenvalue weighted by molar-refractivity contribution is 0.138. The molecular weight excluding hydrogens is 236 g/mol. The first-order valence-corrected chi connectivity index (χ1v) is 7.64. The topological polar surface area (TPSA) is 28.4 Å². The molecule has 3 atom stereocenters. The minimum absolute atomic E-state index is 0.381. The van der Waals surface area contributed by atoms with E-state index in [2.05, 4.69) is 43.1 Å². The van der Waals surface area contributed by atoms with Gasteiger partial charge in [0, 0.05) is 19.1 Å². The van der Waals surface area contributed by atoms with Crippen molar-refractivity contribution in [2.75, 3.05) is 19.6 Å². The molecule has 2 heterocycles.